The minimum Gasteiger partial charge on any atom is -0.356 e. The van der Waals surface area contributed by atoms with Gasteiger partial charge < -0.3 is 10.6 Å². The number of rotatable bonds is 5. The highest BCUT2D eigenvalue weighted by molar-refractivity contribution is 14.0. The van der Waals surface area contributed by atoms with E-state index in [1.54, 1.807) is 7.05 Å². The van der Waals surface area contributed by atoms with Crippen molar-refractivity contribution in [2.24, 2.45) is 4.99 Å². The van der Waals surface area contributed by atoms with Crippen LogP contribution in [-0.4, -0.2) is 56.3 Å². The van der Waals surface area contributed by atoms with Crippen LogP contribution in [0, 0.1) is 6.92 Å². The Morgan fingerprint density at radius 2 is 1.93 bits per heavy atom. The second kappa shape index (κ2) is 9.95. The lowest BCUT2D eigenvalue weighted by Gasteiger charge is -2.29. The third kappa shape index (κ3) is 7.48. The van der Waals surface area contributed by atoms with Crippen LogP contribution in [0.2, 0.25) is 0 Å². The largest absolute Gasteiger partial charge is 0.401 e. The molecule has 1 unspecified atom stereocenters. The van der Waals surface area contributed by atoms with E-state index in [4.69, 9.17) is 0 Å². The van der Waals surface area contributed by atoms with Crippen molar-refractivity contribution < 1.29 is 13.2 Å². The monoisotopic (exact) mass is 498 g/mol. The van der Waals surface area contributed by atoms with Gasteiger partial charge in [0.1, 0.15) is 0 Å². The van der Waals surface area contributed by atoms with Crippen molar-refractivity contribution in [3.63, 3.8) is 0 Å². The van der Waals surface area contributed by atoms with Gasteiger partial charge in [-0.2, -0.15) is 13.2 Å². The minimum atomic E-state index is -4.15. The SMILES string of the molecule is CN=C(NCC(C)(C)c1ccccc1C)NC1CCN(CC(F)(F)F)C1.I. The Labute approximate surface area is 177 Å². The standard InChI is InChI=1S/C19H29F3N4.HI/c1-14-7-5-6-8-16(14)18(2,3)12-24-17(23-4)25-15-9-10-26(11-15)13-19(20,21)22;/h5-8,15H,9-13H2,1-4H3,(H2,23,24,25);1H. The number of nitrogens with one attached hydrogen (secondary N) is 2. The Morgan fingerprint density at radius 1 is 1.26 bits per heavy atom. The molecule has 0 aliphatic carbocycles. The predicted octanol–water partition coefficient (Wildman–Crippen LogP) is 3.69. The van der Waals surface area contributed by atoms with Gasteiger partial charge in [0.25, 0.3) is 0 Å². The summed E-state index contributed by atoms with van der Waals surface area (Å²) in [5, 5.41) is 6.57. The fourth-order valence-electron chi connectivity index (χ4n) is 3.47. The number of nitrogens with zero attached hydrogens (tertiary/aromatic N) is 2. The zero-order valence-corrected chi connectivity index (χ0v) is 18.7. The van der Waals surface area contributed by atoms with E-state index in [1.807, 2.05) is 12.1 Å². The molecule has 27 heavy (non-hydrogen) atoms. The van der Waals surface area contributed by atoms with Gasteiger partial charge in [0, 0.05) is 38.1 Å². The normalized spacial score (nSPS) is 18.9. The molecule has 2 rings (SSSR count). The molecule has 1 aromatic rings. The van der Waals surface area contributed by atoms with Gasteiger partial charge in [0.2, 0.25) is 0 Å². The first kappa shape index (κ1) is 24.0. The Kier molecular flexibility index (Phi) is 8.85. The summed E-state index contributed by atoms with van der Waals surface area (Å²) < 4.78 is 37.5. The molecule has 0 spiro atoms. The van der Waals surface area contributed by atoms with Crippen LogP contribution in [0.5, 0.6) is 0 Å². The van der Waals surface area contributed by atoms with Gasteiger partial charge >= 0.3 is 6.18 Å². The minimum absolute atomic E-state index is 0. The number of hydrogen-bond acceptors (Lipinski definition) is 2. The maximum absolute atomic E-state index is 12.5. The van der Waals surface area contributed by atoms with E-state index in [1.165, 1.54) is 16.0 Å². The Balaban J connectivity index is 0.00000364. The summed E-state index contributed by atoms with van der Waals surface area (Å²) in [6.07, 6.45) is -3.47. The van der Waals surface area contributed by atoms with E-state index in [0.717, 1.165) is 0 Å². The number of hydrogen-bond donors (Lipinski definition) is 2. The van der Waals surface area contributed by atoms with E-state index >= 15 is 0 Å². The predicted molar refractivity (Wildman–Crippen MR) is 115 cm³/mol. The molecule has 0 aromatic heterocycles. The van der Waals surface area contributed by atoms with E-state index in [9.17, 15) is 13.2 Å². The number of halogens is 4. The number of aliphatic imine (C=N–C) groups is 1. The fraction of sp³-hybridized carbons (Fsp3) is 0.632. The number of alkyl halides is 3. The van der Waals surface area contributed by atoms with E-state index in [0.29, 0.717) is 32.0 Å². The highest BCUT2D eigenvalue weighted by Crippen LogP contribution is 2.25. The zero-order valence-electron chi connectivity index (χ0n) is 16.4. The van der Waals surface area contributed by atoms with Crippen molar-refractivity contribution in [1.82, 2.24) is 15.5 Å². The smallest absolute Gasteiger partial charge is 0.356 e. The first-order chi connectivity index (χ1) is 12.1. The van der Waals surface area contributed by atoms with Crippen LogP contribution >= 0.6 is 24.0 Å². The van der Waals surface area contributed by atoms with Crippen LogP contribution in [0.1, 0.15) is 31.4 Å². The lowest BCUT2D eigenvalue weighted by Crippen LogP contribution is -2.48. The van der Waals surface area contributed by atoms with Crippen molar-refractivity contribution >= 4 is 29.9 Å². The van der Waals surface area contributed by atoms with Crippen molar-refractivity contribution in [3.05, 3.63) is 35.4 Å². The highest BCUT2D eigenvalue weighted by atomic mass is 127. The molecule has 1 atom stereocenters. The molecule has 4 nitrogen and oxygen atoms in total. The number of aryl methyl sites for hydroxylation is 1. The number of benzene rings is 1. The van der Waals surface area contributed by atoms with Gasteiger partial charge in [0.05, 0.1) is 6.54 Å². The van der Waals surface area contributed by atoms with Gasteiger partial charge in [-0.3, -0.25) is 9.89 Å². The van der Waals surface area contributed by atoms with Crippen LogP contribution in [0.3, 0.4) is 0 Å². The molecule has 0 bridgehead atoms. The average molecular weight is 498 g/mol. The molecule has 154 valence electrons. The summed E-state index contributed by atoms with van der Waals surface area (Å²) in [4.78, 5) is 5.66. The average Bonchev–Trinajstić information content (AvgIpc) is 2.96. The molecule has 2 N–H and O–H groups in total. The van der Waals surface area contributed by atoms with E-state index in [-0.39, 0.29) is 35.4 Å². The molecule has 8 heteroatoms. The third-order valence-electron chi connectivity index (χ3n) is 4.81. The number of likely N-dealkylation sites (tertiary alicyclic amines) is 1. The van der Waals surface area contributed by atoms with Gasteiger partial charge in [-0.25, -0.2) is 0 Å². The van der Waals surface area contributed by atoms with Gasteiger partial charge in [-0.1, -0.05) is 38.1 Å². The molecule has 1 heterocycles. The third-order valence-corrected chi connectivity index (χ3v) is 4.81. The first-order valence-corrected chi connectivity index (χ1v) is 8.93. The van der Waals surface area contributed by atoms with Crippen LogP contribution < -0.4 is 10.6 Å². The highest BCUT2D eigenvalue weighted by Gasteiger charge is 2.34. The van der Waals surface area contributed by atoms with Crippen LogP contribution in [0.15, 0.2) is 29.3 Å². The lowest BCUT2D eigenvalue weighted by atomic mass is 9.82. The quantitative estimate of drug-likeness (QED) is 0.370. The van der Waals surface area contributed by atoms with Crippen molar-refractivity contribution in [2.45, 2.75) is 44.8 Å². The molecule has 1 saturated heterocycles. The van der Waals surface area contributed by atoms with Crippen LogP contribution in [0.25, 0.3) is 0 Å². The second-order valence-corrected chi connectivity index (χ2v) is 7.60. The van der Waals surface area contributed by atoms with Gasteiger partial charge in [-0.15, -0.1) is 24.0 Å². The summed E-state index contributed by atoms with van der Waals surface area (Å²) in [7, 11) is 1.68. The lowest BCUT2D eigenvalue weighted by molar-refractivity contribution is -0.143. The van der Waals surface area contributed by atoms with Gasteiger partial charge in [-0.05, 0) is 24.5 Å². The Hall–Kier alpha value is -1.03. The molecule has 0 saturated carbocycles. The Morgan fingerprint density at radius 3 is 2.52 bits per heavy atom. The summed E-state index contributed by atoms with van der Waals surface area (Å²) >= 11 is 0. The Bertz CT molecular complexity index is 632. The first-order valence-electron chi connectivity index (χ1n) is 8.93. The summed E-state index contributed by atoms with van der Waals surface area (Å²) in [5.74, 6) is 0.630. The van der Waals surface area contributed by atoms with Crippen LogP contribution in [0.4, 0.5) is 13.2 Å². The molecule has 1 aliphatic heterocycles. The van der Waals surface area contributed by atoms with Gasteiger partial charge in [0.15, 0.2) is 5.96 Å². The van der Waals surface area contributed by atoms with Crippen molar-refractivity contribution in [2.75, 3.05) is 33.2 Å². The summed E-state index contributed by atoms with van der Waals surface area (Å²) in [6, 6.07) is 8.25. The zero-order chi connectivity index (χ0) is 19.4. The maximum Gasteiger partial charge on any atom is 0.401 e. The molecule has 1 aromatic carbocycles. The fourth-order valence-corrected chi connectivity index (χ4v) is 3.47. The number of guanidine groups is 1. The topological polar surface area (TPSA) is 39.7 Å². The summed E-state index contributed by atoms with van der Waals surface area (Å²) in [5.41, 5.74) is 2.40. The van der Waals surface area contributed by atoms with E-state index in [2.05, 4.69) is 48.5 Å². The molecular formula is C19H30F3IN4. The molecule has 1 aliphatic rings. The van der Waals surface area contributed by atoms with E-state index < -0.39 is 12.7 Å². The maximum atomic E-state index is 12.5. The second-order valence-electron chi connectivity index (χ2n) is 7.60. The van der Waals surface area contributed by atoms with Crippen LogP contribution in [-0.2, 0) is 5.41 Å². The molecule has 0 amide bonds. The summed E-state index contributed by atoms with van der Waals surface area (Å²) in [6.45, 7) is 7.07. The van der Waals surface area contributed by atoms with Crippen molar-refractivity contribution in [1.29, 1.82) is 0 Å². The molecule has 0 radical (unpaired) electrons. The van der Waals surface area contributed by atoms with Crippen molar-refractivity contribution in [3.8, 4) is 0 Å². The molecular weight excluding hydrogens is 468 g/mol. The molecule has 1 fully saturated rings.